The van der Waals surface area contributed by atoms with Crippen LogP contribution in [-0.2, 0) is 12.7 Å². The molecule has 0 atom stereocenters. The molecule has 3 heterocycles. The number of halogens is 3. The van der Waals surface area contributed by atoms with Crippen LogP contribution in [0.15, 0.2) is 75.0 Å². The molecule has 5 rings (SSSR count). The molecule has 0 saturated carbocycles. The van der Waals surface area contributed by atoms with Gasteiger partial charge in [0.15, 0.2) is 11.7 Å². The van der Waals surface area contributed by atoms with E-state index in [1.54, 1.807) is 32.3 Å². The van der Waals surface area contributed by atoms with Crippen molar-refractivity contribution >= 4 is 40.5 Å². The van der Waals surface area contributed by atoms with Crippen molar-refractivity contribution in [3.63, 3.8) is 0 Å². The fraction of sp³-hybridized carbons (Fsp3) is 0.290. The number of hydrogen-bond acceptors (Lipinski definition) is 8. The molecule has 230 valence electrons. The lowest BCUT2D eigenvalue weighted by atomic mass is 10.0. The summed E-state index contributed by atoms with van der Waals surface area (Å²) in [6, 6.07) is 10.6. The van der Waals surface area contributed by atoms with Gasteiger partial charge in [0, 0.05) is 68.2 Å². The van der Waals surface area contributed by atoms with Crippen LogP contribution in [-0.4, -0.2) is 73.6 Å². The molecule has 3 aromatic rings. The number of thiophene rings is 1. The van der Waals surface area contributed by atoms with Crippen molar-refractivity contribution in [2.75, 3.05) is 45.6 Å². The lowest BCUT2D eigenvalue weighted by Gasteiger charge is -2.33. The molecule has 2 aliphatic heterocycles. The number of benzene rings is 2. The van der Waals surface area contributed by atoms with E-state index in [4.69, 9.17) is 10.1 Å². The van der Waals surface area contributed by atoms with E-state index < -0.39 is 17.6 Å². The summed E-state index contributed by atoms with van der Waals surface area (Å²) in [6.45, 7) is 4.87. The highest BCUT2D eigenvalue weighted by molar-refractivity contribution is 7.08. The maximum absolute atomic E-state index is 14.1. The van der Waals surface area contributed by atoms with Gasteiger partial charge in [-0.1, -0.05) is 12.1 Å². The van der Waals surface area contributed by atoms with E-state index >= 15 is 0 Å². The highest BCUT2D eigenvalue weighted by Crippen LogP contribution is 2.35. The summed E-state index contributed by atoms with van der Waals surface area (Å²) < 4.78 is 48.3. The van der Waals surface area contributed by atoms with E-state index in [2.05, 4.69) is 25.5 Å². The SMILES string of the molecule is CN/C=C1\C(=N)N=C(c2ccsc2)N=C1Oc1ccc(C)c(C(=O)Nc2ccc(CN3CCN(C)CC3)c(C(F)(F)F)c2)c1. The van der Waals surface area contributed by atoms with E-state index in [0.29, 0.717) is 30.1 Å². The number of nitrogens with zero attached hydrogens (tertiary/aromatic N) is 4. The normalized spacial score (nSPS) is 17.3. The molecule has 44 heavy (non-hydrogen) atoms. The number of amidine groups is 2. The number of hydrogen-bond donors (Lipinski definition) is 3. The number of amides is 1. The number of nitrogens with one attached hydrogen (secondary N) is 3. The van der Waals surface area contributed by atoms with Crippen molar-refractivity contribution in [1.29, 1.82) is 5.41 Å². The molecule has 0 radical (unpaired) electrons. The quantitative estimate of drug-likeness (QED) is 0.327. The zero-order valence-corrected chi connectivity index (χ0v) is 25.3. The molecule has 0 spiro atoms. The second-order valence-electron chi connectivity index (χ2n) is 10.5. The molecule has 13 heteroatoms. The molecule has 2 aromatic carbocycles. The Balaban J connectivity index is 1.37. The number of carbonyl (C=O) groups excluding carboxylic acids is 1. The first-order valence-electron chi connectivity index (χ1n) is 13.9. The van der Waals surface area contributed by atoms with Crippen molar-refractivity contribution in [3.05, 3.63) is 92.8 Å². The van der Waals surface area contributed by atoms with Crippen molar-refractivity contribution in [1.82, 2.24) is 15.1 Å². The Labute approximate surface area is 257 Å². The van der Waals surface area contributed by atoms with E-state index in [9.17, 15) is 18.0 Å². The lowest BCUT2D eigenvalue weighted by Crippen LogP contribution is -2.44. The highest BCUT2D eigenvalue weighted by Gasteiger charge is 2.34. The number of likely N-dealkylation sites (N-methyl/N-ethyl adjacent to an activating group) is 1. The van der Waals surface area contributed by atoms with Crippen LogP contribution in [0.3, 0.4) is 0 Å². The smallest absolute Gasteiger partial charge is 0.416 e. The molecule has 3 N–H and O–H groups in total. The zero-order chi connectivity index (χ0) is 31.4. The largest absolute Gasteiger partial charge is 0.438 e. The number of carbonyl (C=O) groups is 1. The summed E-state index contributed by atoms with van der Waals surface area (Å²) in [6.07, 6.45) is -3.03. The number of anilines is 1. The van der Waals surface area contributed by atoms with Gasteiger partial charge in [-0.15, -0.1) is 0 Å². The number of ether oxygens (including phenoxy) is 1. The molecule has 1 fully saturated rings. The Morgan fingerprint density at radius 3 is 2.57 bits per heavy atom. The number of aryl methyl sites for hydroxylation is 1. The fourth-order valence-electron chi connectivity index (χ4n) is 4.84. The van der Waals surface area contributed by atoms with E-state index in [1.807, 2.05) is 28.8 Å². The summed E-state index contributed by atoms with van der Waals surface area (Å²) in [5.41, 5.74) is 1.30. The second-order valence-corrected chi connectivity index (χ2v) is 11.3. The Bertz CT molecular complexity index is 1640. The van der Waals surface area contributed by atoms with Crippen molar-refractivity contribution in [3.8, 4) is 5.75 Å². The standard InChI is InChI=1S/C31H32F3N7O2S/c1-19-4-7-23(43-30-25(16-36-2)27(35)38-28(39-30)21-8-13-44-18-21)15-24(19)29(42)37-22-6-5-20(26(14-22)31(32,33)34)17-41-11-9-40(3)10-12-41/h4-8,13-16,18,35-36H,9-12,17H2,1-3H3,(H,37,42)/b25-16+,35-27?. The third kappa shape index (κ3) is 7.24. The van der Waals surface area contributed by atoms with E-state index in [1.165, 1.54) is 29.5 Å². The molecule has 9 nitrogen and oxygen atoms in total. The van der Waals surface area contributed by atoms with Crippen LogP contribution < -0.4 is 15.4 Å². The van der Waals surface area contributed by atoms with E-state index in [-0.39, 0.29) is 40.8 Å². The molecule has 1 amide bonds. The summed E-state index contributed by atoms with van der Waals surface area (Å²) >= 11 is 1.47. The lowest BCUT2D eigenvalue weighted by molar-refractivity contribution is -0.138. The van der Waals surface area contributed by atoms with Gasteiger partial charge in [-0.3, -0.25) is 15.1 Å². The van der Waals surface area contributed by atoms with Gasteiger partial charge in [-0.2, -0.15) is 29.5 Å². The zero-order valence-electron chi connectivity index (χ0n) is 24.5. The monoisotopic (exact) mass is 623 g/mol. The Hall–Kier alpha value is -4.33. The number of piperazine rings is 1. The summed E-state index contributed by atoms with van der Waals surface area (Å²) in [7, 11) is 3.66. The molecule has 0 bridgehead atoms. The number of alkyl halides is 3. The fourth-order valence-corrected chi connectivity index (χ4v) is 5.48. The van der Waals surface area contributed by atoms with Gasteiger partial charge in [0.2, 0.25) is 5.90 Å². The maximum Gasteiger partial charge on any atom is 0.416 e. The van der Waals surface area contributed by atoms with Crippen LogP contribution in [0.4, 0.5) is 18.9 Å². The molecular weight excluding hydrogens is 591 g/mol. The van der Waals surface area contributed by atoms with Crippen LogP contribution in [0.5, 0.6) is 5.75 Å². The minimum Gasteiger partial charge on any atom is -0.438 e. The van der Waals surface area contributed by atoms with Crippen molar-refractivity contribution in [2.45, 2.75) is 19.6 Å². The first kappa shape index (κ1) is 31.1. The van der Waals surface area contributed by atoms with Gasteiger partial charge in [-0.05, 0) is 60.8 Å². The number of rotatable bonds is 7. The van der Waals surface area contributed by atoms with E-state index in [0.717, 1.165) is 24.7 Å². The van der Waals surface area contributed by atoms with Gasteiger partial charge < -0.3 is 20.3 Å². The van der Waals surface area contributed by atoms with Gasteiger partial charge in [0.1, 0.15) is 5.75 Å². The van der Waals surface area contributed by atoms with Gasteiger partial charge in [0.25, 0.3) is 5.91 Å². The van der Waals surface area contributed by atoms with Gasteiger partial charge in [-0.25, -0.2) is 4.99 Å². The molecule has 1 saturated heterocycles. The van der Waals surface area contributed by atoms with Crippen LogP contribution in [0, 0.1) is 12.3 Å². The first-order chi connectivity index (χ1) is 21.0. The first-order valence-corrected chi connectivity index (χ1v) is 14.8. The van der Waals surface area contributed by atoms with Gasteiger partial charge >= 0.3 is 6.18 Å². The summed E-state index contributed by atoms with van der Waals surface area (Å²) in [4.78, 5) is 26.3. The summed E-state index contributed by atoms with van der Waals surface area (Å²) in [5.74, 6) is 0.0620. The van der Waals surface area contributed by atoms with Crippen LogP contribution in [0.2, 0.25) is 0 Å². The Morgan fingerprint density at radius 1 is 1.11 bits per heavy atom. The topological polar surface area (TPSA) is 105 Å². The third-order valence-corrected chi connectivity index (χ3v) is 7.99. The predicted molar refractivity (Wildman–Crippen MR) is 167 cm³/mol. The highest BCUT2D eigenvalue weighted by atomic mass is 32.1. The molecular formula is C31H32F3N7O2S. The van der Waals surface area contributed by atoms with Crippen LogP contribution in [0.1, 0.15) is 32.6 Å². The maximum atomic E-state index is 14.1. The summed E-state index contributed by atoms with van der Waals surface area (Å²) in [5, 5.41) is 17.6. The average molecular weight is 624 g/mol. The van der Waals surface area contributed by atoms with Crippen LogP contribution >= 0.6 is 11.3 Å². The second kappa shape index (κ2) is 13.1. The third-order valence-electron chi connectivity index (χ3n) is 7.31. The van der Waals surface area contributed by atoms with Crippen molar-refractivity contribution < 1.29 is 22.7 Å². The number of aliphatic imine (C=N–C) groups is 2. The van der Waals surface area contributed by atoms with Crippen molar-refractivity contribution in [2.24, 2.45) is 9.98 Å². The van der Waals surface area contributed by atoms with Crippen LogP contribution in [0.25, 0.3) is 0 Å². The minimum absolute atomic E-state index is 0.0381. The Kier molecular flexibility index (Phi) is 9.28. The Morgan fingerprint density at radius 2 is 1.89 bits per heavy atom. The molecule has 1 aromatic heterocycles. The average Bonchev–Trinajstić information content (AvgIpc) is 3.52. The van der Waals surface area contributed by atoms with Gasteiger partial charge in [0.05, 0.1) is 11.1 Å². The molecule has 2 aliphatic rings. The predicted octanol–water partition coefficient (Wildman–Crippen LogP) is 5.39. The molecule has 0 aliphatic carbocycles. The minimum atomic E-state index is -4.58. The molecule has 0 unspecified atom stereocenters.